The molecular formula is C14H15NO4. The predicted octanol–water partition coefficient (Wildman–Crippen LogP) is 0.801. The van der Waals surface area contributed by atoms with Crippen LogP contribution in [0.4, 0.5) is 0 Å². The second-order valence-corrected chi connectivity index (χ2v) is 4.21. The van der Waals surface area contributed by atoms with Crippen molar-refractivity contribution in [2.24, 2.45) is 0 Å². The minimum atomic E-state index is -0.584. The van der Waals surface area contributed by atoms with E-state index >= 15 is 0 Å². The zero-order valence-corrected chi connectivity index (χ0v) is 10.6. The molecule has 5 nitrogen and oxygen atoms in total. The SMILES string of the molecule is COC(=O)/C=C1\N[C@H](Cc2ccccc2)COC1=O. The molecule has 0 amide bonds. The maximum atomic E-state index is 11.5. The summed E-state index contributed by atoms with van der Waals surface area (Å²) >= 11 is 0. The van der Waals surface area contributed by atoms with Gasteiger partial charge in [0.2, 0.25) is 0 Å². The number of ether oxygens (including phenoxy) is 2. The molecule has 100 valence electrons. The Bertz CT molecular complexity index is 495. The highest BCUT2D eigenvalue weighted by Crippen LogP contribution is 2.10. The van der Waals surface area contributed by atoms with Crippen LogP contribution in [0.5, 0.6) is 0 Å². The molecule has 1 fully saturated rings. The average molecular weight is 261 g/mol. The number of carbonyl (C=O) groups excluding carboxylic acids is 2. The van der Waals surface area contributed by atoms with Crippen LogP contribution in [0.25, 0.3) is 0 Å². The molecule has 0 saturated carbocycles. The van der Waals surface area contributed by atoms with Crippen molar-refractivity contribution in [3.05, 3.63) is 47.7 Å². The van der Waals surface area contributed by atoms with Gasteiger partial charge in [0.1, 0.15) is 12.3 Å². The fourth-order valence-electron chi connectivity index (χ4n) is 1.86. The third kappa shape index (κ3) is 3.58. The van der Waals surface area contributed by atoms with E-state index in [1.165, 1.54) is 7.11 Å². The summed E-state index contributed by atoms with van der Waals surface area (Å²) in [6.07, 6.45) is 1.83. The third-order valence-electron chi connectivity index (χ3n) is 2.78. The van der Waals surface area contributed by atoms with Crippen LogP contribution in [0, 0.1) is 0 Å². The fourth-order valence-corrected chi connectivity index (χ4v) is 1.86. The van der Waals surface area contributed by atoms with Gasteiger partial charge < -0.3 is 14.8 Å². The molecule has 1 heterocycles. The molecule has 1 N–H and O–H groups in total. The average Bonchev–Trinajstić information content (AvgIpc) is 2.43. The second kappa shape index (κ2) is 6.04. The summed E-state index contributed by atoms with van der Waals surface area (Å²) in [7, 11) is 1.26. The molecule has 0 aromatic heterocycles. The van der Waals surface area contributed by atoms with Gasteiger partial charge in [0.05, 0.1) is 19.2 Å². The van der Waals surface area contributed by atoms with Crippen molar-refractivity contribution in [1.29, 1.82) is 0 Å². The number of carbonyl (C=O) groups is 2. The lowest BCUT2D eigenvalue weighted by Crippen LogP contribution is -2.44. The standard InChI is InChI=1S/C14H15NO4/c1-18-13(16)8-12-14(17)19-9-11(15-12)7-10-5-3-2-4-6-10/h2-6,8,11,15H,7,9H2,1H3/b12-8-/t11-/m1/s1. The van der Waals surface area contributed by atoms with Gasteiger partial charge >= 0.3 is 11.9 Å². The molecule has 1 aromatic carbocycles. The number of cyclic esters (lactones) is 1. The monoisotopic (exact) mass is 261 g/mol. The zero-order valence-electron chi connectivity index (χ0n) is 10.6. The summed E-state index contributed by atoms with van der Waals surface area (Å²) in [6, 6.07) is 9.81. The van der Waals surface area contributed by atoms with Gasteiger partial charge in [-0.1, -0.05) is 30.3 Å². The molecule has 1 saturated heterocycles. The van der Waals surface area contributed by atoms with E-state index in [0.29, 0.717) is 6.42 Å². The molecule has 0 unspecified atom stereocenters. The highest BCUT2D eigenvalue weighted by atomic mass is 16.5. The smallest absolute Gasteiger partial charge is 0.354 e. The molecule has 5 heteroatoms. The molecule has 2 rings (SSSR count). The minimum absolute atomic E-state index is 0.0454. The van der Waals surface area contributed by atoms with Gasteiger partial charge in [0, 0.05) is 0 Å². The highest BCUT2D eigenvalue weighted by Gasteiger charge is 2.24. The Hall–Kier alpha value is -2.30. The van der Waals surface area contributed by atoms with E-state index in [1.54, 1.807) is 0 Å². The summed E-state index contributed by atoms with van der Waals surface area (Å²) in [5.41, 5.74) is 1.27. The van der Waals surface area contributed by atoms with Gasteiger partial charge in [0.25, 0.3) is 0 Å². The van der Waals surface area contributed by atoms with Crippen LogP contribution in [0.1, 0.15) is 5.56 Å². The lowest BCUT2D eigenvalue weighted by Gasteiger charge is -2.26. The van der Waals surface area contributed by atoms with E-state index in [-0.39, 0.29) is 18.3 Å². The Labute approximate surface area is 111 Å². The Morgan fingerprint density at radius 1 is 1.47 bits per heavy atom. The van der Waals surface area contributed by atoms with Crippen molar-refractivity contribution < 1.29 is 19.1 Å². The van der Waals surface area contributed by atoms with Gasteiger partial charge in [-0.15, -0.1) is 0 Å². The molecule has 0 bridgehead atoms. The van der Waals surface area contributed by atoms with Crippen LogP contribution < -0.4 is 5.32 Å². The third-order valence-corrected chi connectivity index (χ3v) is 2.78. The number of esters is 2. The van der Waals surface area contributed by atoms with E-state index in [1.807, 2.05) is 30.3 Å². The summed E-state index contributed by atoms with van der Waals surface area (Å²) < 4.78 is 9.53. The molecule has 1 aliphatic rings. The number of hydrogen-bond acceptors (Lipinski definition) is 5. The Morgan fingerprint density at radius 3 is 2.89 bits per heavy atom. The van der Waals surface area contributed by atoms with Crippen LogP contribution in [0.3, 0.4) is 0 Å². The van der Waals surface area contributed by atoms with Crippen LogP contribution in [-0.2, 0) is 25.5 Å². The molecular weight excluding hydrogens is 246 g/mol. The summed E-state index contributed by atoms with van der Waals surface area (Å²) in [5, 5.41) is 3.00. The van der Waals surface area contributed by atoms with E-state index in [9.17, 15) is 9.59 Å². The van der Waals surface area contributed by atoms with Crippen molar-refractivity contribution in [3.8, 4) is 0 Å². The number of benzene rings is 1. The molecule has 0 radical (unpaired) electrons. The van der Waals surface area contributed by atoms with E-state index in [0.717, 1.165) is 11.6 Å². The van der Waals surface area contributed by atoms with Gasteiger partial charge in [-0.3, -0.25) is 0 Å². The molecule has 19 heavy (non-hydrogen) atoms. The Balaban J connectivity index is 2.03. The van der Waals surface area contributed by atoms with Crippen molar-refractivity contribution >= 4 is 11.9 Å². The molecule has 0 aliphatic carbocycles. The molecule has 1 aromatic rings. The van der Waals surface area contributed by atoms with Gasteiger partial charge in [-0.05, 0) is 12.0 Å². The quantitative estimate of drug-likeness (QED) is 0.644. The first kappa shape index (κ1) is 13.1. The van der Waals surface area contributed by atoms with E-state index < -0.39 is 11.9 Å². The van der Waals surface area contributed by atoms with Crippen LogP contribution in [0.2, 0.25) is 0 Å². The van der Waals surface area contributed by atoms with Crippen LogP contribution >= 0.6 is 0 Å². The van der Waals surface area contributed by atoms with Crippen LogP contribution in [-0.4, -0.2) is 31.7 Å². The summed E-state index contributed by atoms with van der Waals surface area (Å²) in [5.74, 6) is -1.12. The van der Waals surface area contributed by atoms with Crippen molar-refractivity contribution in [2.75, 3.05) is 13.7 Å². The highest BCUT2D eigenvalue weighted by molar-refractivity contribution is 5.96. The zero-order chi connectivity index (χ0) is 13.7. The first-order valence-corrected chi connectivity index (χ1v) is 5.96. The van der Waals surface area contributed by atoms with Crippen molar-refractivity contribution in [3.63, 3.8) is 0 Å². The summed E-state index contributed by atoms with van der Waals surface area (Å²) in [6.45, 7) is 0.284. The maximum Gasteiger partial charge on any atom is 0.354 e. The normalized spacial score (nSPS) is 20.6. The Kier molecular flexibility index (Phi) is 4.18. The molecule has 0 spiro atoms. The minimum Gasteiger partial charge on any atom is -0.466 e. The van der Waals surface area contributed by atoms with E-state index in [2.05, 4.69) is 10.1 Å². The second-order valence-electron chi connectivity index (χ2n) is 4.21. The number of morpholine rings is 1. The fraction of sp³-hybridized carbons (Fsp3) is 0.286. The first-order valence-electron chi connectivity index (χ1n) is 5.96. The van der Waals surface area contributed by atoms with E-state index in [4.69, 9.17) is 4.74 Å². The number of rotatable bonds is 3. The van der Waals surface area contributed by atoms with Gasteiger partial charge in [-0.25, -0.2) is 9.59 Å². The predicted molar refractivity (Wildman–Crippen MR) is 68.1 cm³/mol. The largest absolute Gasteiger partial charge is 0.466 e. The topological polar surface area (TPSA) is 64.6 Å². The van der Waals surface area contributed by atoms with Crippen molar-refractivity contribution in [2.45, 2.75) is 12.5 Å². The first-order chi connectivity index (χ1) is 9.19. The lowest BCUT2D eigenvalue weighted by atomic mass is 10.1. The Morgan fingerprint density at radius 2 is 2.21 bits per heavy atom. The maximum absolute atomic E-state index is 11.5. The number of methoxy groups -OCH3 is 1. The van der Waals surface area contributed by atoms with Crippen LogP contribution in [0.15, 0.2) is 42.1 Å². The molecule has 1 atom stereocenters. The summed E-state index contributed by atoms with van der Waals surface area (Å²) in [4.78, 5) is 22.6. The van der Waals surface area contributed by atoms with Gasteiger partial charge in [0.15, 0.2) is 0 Å². The van der Waals surface area contributed by atoms with Crippen molar-refractivity contribution in [1.82, 2.24) is 5.32 Å². The molecule has 1 aliphatic heterocycles. The number of nitrogens with one attached hydrogen (secondary N) is 1. The number of hydrogen-bond donors (Lipinski definition) is 1. The lowest BCUT2D eigenvalue weighted by molar-refractivity contribution is -0.144. The van der Waals surface area contributed by atoms with Gasteiger partial charge in [-0.2, -0.15) is 0 Å².